The molecule has 0 spiro atoms. The molecule has 0 rings (SSSR count). The number of likely N-dealkylation sites (N-methyl/N-ethyl adjacent to an activating group) is 1. The molecule has 0 aliphatic heterocycles. The maximum atomic E-state index is 10.2. The maximum absolute atomic E-state index is 10.2. The van der Waals surface area contributed by atoms with Crippen LogP contribution in [0.5, 0.6) is 0 Å². The Bertz CT molecular complexity index is 1040. The summed E-state index contributed by atoms with van der Waals surface area (Å²) in [7, 11) is -0.533. The smallest absolute Gasteiger partial charge is 0.333 e. The number of allylic oxidation sites excluding steroid dienone is 8. The molecule has 10 heteroatoms. The minimum absolute atomic E-state index is 0.158. The van der Waals surface area contributed by atoms with Gasteiger partial charge in [-0.3, -0.25) is 0 Å². The fourth-order valence-corrected chi connectivity index (χ4v) is 8.71. The van der Waals surface area contributed by atoms with Gasteiger partial charge in [0.05, 0.1) is 12.7 Å². The highest BCUT2D eigenvalue weighted by Gasteiger charge is 2.31. The molecule has 0 heterocycles. The topological polar surface area (TPSA) is 132 Å². The molecule has 5 unspecified atom stereocenters. The molecule has 360 valence electrons. The average molecular weight is 882 g/mol. The predicted octanol–water partition coefficient (Wildman–Crippen LogP) is 11.6. The second-order valence-corrected chi connectivity index (χ2v) is 21.1. The van der Waals surface area contributed by atoms with Gasteiger partial charge in [-0.15, -0.1) is 0 Å². The second-order valence-electron chi connectivity index (χ2n) is 17.7. The van der Waals surface area contributed by atoms with Gasteiger partial charge >= 0.3 is 8.56 Å². The minimum atomic E-state index is -2.38. The first-order valence-electron chi connectivity index (χ1n) is 25.1. The standard InChI is InChI=1S/C51H99NO8Si/c1-6-8-10-12-14-16-18-20-22-24-26-28-30-32-35-39-43-58-49(41-37-33-31-29-27-25-23-21-19-17-15-13-11-9-7-2)60-61(4,5)59-44-40-36-34-38-42-52(3)45-47(54)50(56)51(57)48(55)46-53/h14-17,20-23,47-51,53-57H,6-13,18-19,24-46H2,1-5H3/b16-14-,17-15-,22-20-,23-21-. The van der Waals surface area contributed by atoms with Crippen molar-refractivity contribution in [3.8, 4) is 0 Å². The van der Waals surface area contributed by atoms with Gasteiger partial charge in [0.15, 0.2) is 0 Å². The fourth-order valence-electron chi connectivity index (χ4n) is 7.19. The molecule has 5 atom stereocenters. The summed E-state index contributed by atoms with van der Waals surface area (Å²) >= 11 is 0. The van der Waals surface area contributed by atoms with Gasteiger partial charge in [0, 0.05) is 19.8 Å². The Hall–Kier alpha value is -1.18. The van der Waals surface area contributed by atoms with Crippen LogP contribution in [0.3, 0.4) is 0 Å². The quantitative estimate of drug-likeness (QED) is 0.0175. The molecule has 0 radical (unpaired) electrons. The van der Waals surface area contributed by atoms with Crippen molar-refractivity contribution in [1.29, 1.82) is 0 Å². The summed E-state index contributed by atoms with van der Waals surface area (Å²) in [4.78, 5) is 1.90. The van der Waals surface area contributed by atoms with Crippen molar-refractivity contribution in [2.75, 3.05) is 40.0 Å². The molecule has 9 nitrogen and oxygen atoms in total. The molecule has 0 saturated carbocycles. The molecule has 5 N–H and O–H groups in total. The van der Waals surface area contributed by atoms with E-state index in [0.29, 0.717) is 6.61 Å². The summed E-state index contributed by atoms with van der Waals surface area (Å²) < 4.78 is 19.4. The second kappa shape index (κ2) is 44.0. The van der Waals surface area contributed by atoms with Gasteiger partial charge in [-0.25, -0.2) is 0 Å². The molecular weight excluding hydrogens is 783 g/mol. The van der Waals surface area contributed by atoms with Gasteiger partial charge < -0.3 is 44.0 Å². The van der Waals surface area contributed by atoms with Gasteiger partial charge in [0.2, 0.25) is 0 Å². The number of unbranched alkanes of at least 4 members (excludes halogenated alkanes) is 20. The number of aliphatic hydroxyl groups excluding tert-OH is 5. The Morgan fingerprint density at radius 1 is 0.508 bits per heavy atom. The lowest BCUT2D eigenvalue weighted by atomic mass is 10.0. The van der Waals surface area contributed by atoms with Gasteiger partial charge in [-0.05, 0) is 123 Å². The van der Waals surface area contributed by atoms with Gasteiger partial charge in [0.1, 0.15) is 24.6 Å². The monoisotopic (exact) mass is 882 g/mol. The Labute approximate surface area is 377 Å². The molecular formula is C51H99NO8Si. The van der Waals surface area contributed by atoms with E-state index in [4.69, 9.17) is 18.7 Å². The summed E-state index contributed by atoms with van der Waals surface area (Å²) in [6.07, 6.45) is 45.6. The molecule has 0 fully saturated rings. The van der Waals surface area contributed by atoms with Crippen molar-refractivity contribution in [3.63, 3.8) is 0 Å². The molecule has 0 aromatic rings. The number of nitrogens with zero attached hydrogens (tertiary/aromatic N) is 1. The van der Waals surface area contributed by atoms with E-state index in [1.807, 2.05) is 11.9 Å². The summed E-state index contributed by atoms with van der Waals surface area (Å²) in [5, 5.41) is 48.7. The lowest BCUT2D eigenvalue weighted by molar-refractivity contribution is -0.118. The molecule has 0 aliphatic carbocycles. The van der Waals surface area contributed by atoms with Crippen LogP contribution in [0, 0.1) is 0 Å². The Morgan fingerprint density at radius 3 is 1.44 bits per heavy atom. The molecule has 0 bridgehead atoms. The van der Waals surface area contributed by atoms with E-state index in [1.165, 1.54) is 122 Å². The van der Waals surface area contributed by atoms with E-state index >= 15 is 0 Å². The van der Waals surface area contributed by atoms with Crippen LogP contribution in [0.15, 0.2) is 48.6 Å². The normalized spacial score (nSPS) is 15.3. The summed E-state index contributed by atoms with van der Waals surface area (Å²) in [5.41, 5.74) is 0. The predicted molar refractivity (Wildman–Crippen MR) is 260 cm³/mol. The van der Waals surface area contributed by atoms with E-state index in [2.05, 4.69) is 75.5 Å². The van der Waals surface area contributed by atoms with E-state index in [9.17, 15) is 20.4 Å². The highest BCUT2D eigenvalue weighted by molar-refractivity contribution is 6.64. The fraction of sp³-hybridized carbons (Fsp3) is 0.843. The van der Waals surface area contributed by atoms with Crippen LogP contribution in [0.1, 0.15) is 194 Å². The van der Waals surface area contributed by atoms with E-state index < -0.39 is 39.6 Å². The van der Waals surface area contributed by atoms with Crippen molar-refractivity contribution >= 4 is 8.56 Å². The lowest BCUT2D eigenvalue weighted by Crippen LogP contribution is -2.49. The Balaban J connectivity index is 4.52. The number of hydrogen-bond acceptors (Lipinski definition) is 9. The van der Waals surface area contributed by atoms with Crippen LogP contribution in [0.2, 0.25) is 13.1 Å². The highest BCUT2D eigenvalue weighted by Crippen LogP contribution is 2.19. The summed E-state index contributed by atoms with van der Waals surface area (Å²) in [6, 6.07) is 0. The molecule has 61 heavy (non-hydrogen) atoms. The van der Waals surface area contributed by atoms with Gasteiger partial charge in [-0.1, -0.05) is 146 Å². The number of ether oxygens (including phenoxy) is 1. The maximum Gasteiger partial charge on any atom is 0.333 e. The van der Waals surface area contributed by atoms with Crippen molar-refractivity contribution in [1.82, 2.24) is 4.90 Å². The van der Waals surface area contributed by atoms with Crippen molar-refractivity contribution in [2.45, 2.75) is 237 Å². The molecule has 0 saturated heterocycles. The first-order chi connectivity index (χ1) is 29.6. The molecule has 0 aliphatic rings. The van der Waals surface area contributed by atoms with E-state index in [1.54, 1.807) is 0 Å². The van der Waals surface area contributed by atoms with Crippen LogP contribution in [0.4, 0.5) is 0 Å². The summed E-state index contributed by atoms with van der Waals surface area (Å²) in [6.45, 7) is 10.4. The third kappa shape index (κ3) is 40.1. The van der Waals surface area contributed by atoms with Gasteiger partial charge in [0.25, 0.3) is 0 Å². The van der Waals surface area contributed by atoms with Gasteiger partial charge in [-0.2, -0.15) is 0 Å². The number of hydrogen-bond donors (Lipinski definition) is 5. The Kier molecular flexibility index (Phi) is 43.2. The number of aliphatic hydroxyl groups is 5. The SMILES string of the molecule is CCCCC/C=C\C/C=C\CCCCCCCCOC(CCCCCCC/C=C\C/C=C\CCCCC)O[Si](C)(C)OCCCCCCN(C)CC(O)C(O)C(O)C(O)CO. The zero-order chi connectivity index (χ0) is 45.1. The molecule has 0 aromatic carbocycles. The third-order valence-corrected chi connectivity index (χ3v) is 12.9. The zero-order valence-corrected chi connectivity index (χ0v) is 41.2. The zero-order valence-electron chi connectivity index (χ0n) is 40.2. The third-order valence-electron chi connectivity index (χ3n) is 11.2. The first kappa shape index (κ1) is 59.8. The van der Waals surface area contributed by atoms with Crippen molar-refractivity contribution in [3.05, 3.63) is 48.6 Å². The Morgan fingerprint density at radius 2 is 0.934 bits per heavy atom. The lowest BCUT2D eigenvalue weighted by Gasteiger charge is -2.29. The van der Waals surface area contributed by atoms with Crippen LogP contribution in [-0.2, 0) is 13.6 Å². The molecule has 0 aromatic heterocycles. The number of rotatable bonds is 46. The van der Waals surface area contributed by atoms with E-state index in [-0.39, 0.29) is 12.8 Å². The van der Waals surface area contributed by atoms with Crippen LogP contribution >= 0.6 is 0 Å². The largest absolute Gasteiger partial charge is 0.394 e. The molecule has 0 amide bonds. The van der Waals surface area contributed by atoms with Crippen LogP contribution in [0.25, 0.3) is 0 Å². The van der Waals surface area contributed by atoms with E-state index in [0.717, 1.165) is 70.9 Å². The first-order valence-corrected chi connectivity index (χ1v) is 27.9. The van der Waals surface area contributed by atoms with Crippen molar-refractivity contribution in [2.24, 2.45) is 0 Å². The minimum Gasteiger partial charge on any atom is -0.394 e. The summed E-state index contributed by atoms with van der Waals surface area (Å²) in [5.74, 6) is 0. The highest BCUT2D eigenvalue weighted by atomic mass is 28.4. The van der Waals surface area contributed by atoms with Crippen LogP contribution < -0.4 is 0 Å². The average Bonchev–Trinajstić information content (AvgIpc) is 3.24. The van der Waals surface area contributed by atoms with Crippen molar-refractivity contribution < 1.29 is 39.1 Å². The van der Waals surface area contributed by atoms with Crippen LogP contribution in [-0.4, -0.2) is 110 Å².